The van der Waals surface area contributed by atoms with Crippen LogP contribution in [0.3, 0.4) is 0 Å². The number of aromatic nitrogens is 3. The number of aliphatic hydroxyl groups excluding tert-OH is 2. The summed E-state index contributed by atoms with van der Waals surface area (Å²) in [4.78, 5) is 21.5. The van der Waals surface area contributed by atoms with Gasteiger partial charge < -0.3 is 10.2 Å². The first-order valence-corrected chi connectivity index (χ1v) is 3.31. The van der Waals surface area contributed by atoms with Crippen LogP contribution < -0.4 is 11.4 Å². The van der Waals surface area contributed by atoms with E-state index < -0.39 is 24.1 Å². The molecule has 7 heteroatoms. The fraction of sp³-hybridized carbons (Fsp3) is 0.600. The second-order valence-corrected chi connectivity index (χ2v) is 2.31. The lowest BCUT2D eigenvalue weighted by atomic mass is 10.4. The molecule has 4 N–H and O–H groups in total. The van der Waals surface area contributed by atoms with Gasteiger partial charge in [-0.25, -0.2) is 24.4 Å². The maximum Gasteiger partial charge on any atom is 0.344 e. The predicted octanol–water partition coefficient (Wildman–Crippen LogP) is -2.78. The number of rotatable bonds is 3. The molecule has 0 radical (unpaired) electrons. The summed E-state index contributed by atoms with van der Waals surface area (Å²) >= 11 is 0. The Bertz CT molecular complexity index is 321. The van der Waals surface area contributed by atoms with Gasteiger partial charge in [-0.15, -0.1) is 0 Å². The Labute approximate surface area is 66.3 Å². The van der Waals surface area contributed by atoms with E-state index in [1.807, 2.05) is 10.2 Å². The molecule has 1 rings (SSSR count). The van der Waals surface area contributed by atoms with Crippen molar-refractivity contribution >= 4 is 0 Å². The summed E-state index contributed by atoms with van der Waals surface area (Å²) in [5.74, 6) is 0. The van der Waals surface area contributed by atoms with E-state index in [2.05, 4.69) is 0 Å². The number of H-pyrrole nitrogens is 2. The molecule has 0 saturated carbocycles. The van der Waals surface area contributed by atoms with Crippen LogP contribution in [0, 0.1) is 0 Å². The average molecular weight is 175 g/mol. The summed E-state index contributed by atoms with van der Waals surface area (Å²) in [7, 11) is 0. The molecule has 1 unspecified atom stereocenters. The maximum absolute atomic E-state index is 10.8. The van der Waals surface area contributed by atoms with E-state index >= 15 is 0 Å². The van der Waals surface area contributed by atoms with Crippen molar-refractivity contribution in [3.8, 4) is 0 Å². The number of hydrogen-bond donors (Lipinski definition) is 4. The molecule has 7 nitrogen and oxygen atoms in total. The molecule has 0 bridgehead atoms. The van der Waals surface area contributed by atoms with Crippen LogP contribution in [0.1, 0.15) is 0 Å². The highest BCUT2D eigenvalue weighted by molar-refractivity contribution is 4.67. The summed E-state index contributed by atoms with van der Waals surface area (Å²) in [6.45, 7) is -0.703. The van der Waals surface area contributed by atoms with Gasteiger partial charge in [-0.05, 0) is 0 Å². The van der Waals surface area contributed by atoms with E-state index in [0.717, 1.165) is 4.57 Å². The highest BCUT2D eigenvalue weighted by Gasteiger charge is 2.08. The lowest BCUT2D eigenvalue weighted by Gasteiger charge is -2.04. The van der Waals surface area contributed by atoms with Crippen molar-refractivity contribution in [1.82, 2.24) is 14.8 Å². The lowest BCUT2D eigenvalue weighted by molar-refractivity contribution is 0.0796. The number of nitrogens with one attached hydrogen (secondary N) is 2. The van der Waals surface area contributed by atoms with Crippen molar-refractivity contribution in [2.75, 3.05) is 6.61 Å². The minimum atomic E-state index is -1.10. The molecule has 0 spiro atoms. The highest BCUT2D eigenvalue weighted by atomic mass is 16.3. The van der Waals surface area contributed by atoms with Crippen LogP contribution in [0.15, 0.2) is 9.59 Å². The van der Waals surface area contributed by atoms with Gasteiger partial charge in [0.15, 0.2) is 0 Å². The SMILES string of the molecule is O=c1[nH][nH]c(=O)n1CC(O)CO. The van der Waals surface area contributed by atoms with Crippen molar-refractivity contribution in [2.24, 2.45) is 0 Å². The van der Waals surface area contributed by atoms with Gasteiger partial charge in [0.05, 0.1) is 19.3 Å². The number of aliphatic hydroxyl groups is 2. The van der Waals surface area contributed by atoms with Gasteiger partial charge in [0.25, 0.3) is 0 Å². The molecule has 68 valence electrons. The predicted molar refractivity (Wildman–Crippen MR) is 38.8 cm³/mol. The van der Waals surface area contributed by atoms with E-state index in [-0.39, 0.29) is 6.54 Å². The number of aromatic amines is 2. The summed E-state index contributed by atoms with van der Waals surface area (Å²) in [5, 5.41) is 21.4. The van der Waals surface area contributed by atoms with E-state index in [4.69, 9.17) is 10.2 Å². The molecule has 0 aromatic carbocycles. The normalized spacial score (nSPS) is 13.2. The standard InChI is InChI=1S/C5H9N3O4/c9-2-3(10)1-8-4(11)6-7-5(8)12/h3,9-10H,1-2H2,(H,6,11)(H,7,12). The fourth-order valence-electron chi connectivity index (χ4n) is 0.768. The fourth-order valence-corrected chi connectivity index (χ4v) is 0.768. The molecular formula is C5H9N3O4. The molecule has 0 amide bonds. The Balaban J connectivity index is 2.88. The van der Waals surface area contributed by atoms with Gasteiger partial charge >= 0.3 is 11.4 Å². The van der Waals surface area contributed by atoms with Gasteiger partial charge in [0.2, 0.25) is 0 Å². The summed E-state index contributed by atoms with van der Waals surface area (Å²) in [6, 6.07) is 0. The zero-order chi connectivity index (χ0) is 9.14. The van der Waals surface area contributed by atoms with E-state index in [0.29, 0.717) is 0 Å². The zero-order valence-electron chi connectivity index (χ0n) is 6.15. The number of hydrogen-bond acceptors (Lipinski definition) is 4. The molecule has 0 aliphatic rings. The molecule has 1 aromatic rings. The zero-order valence-corrected chi connectivity index (χ0v) is 6.15. The molecule has 1 atom stereocenters. The molecule has 0 aliphatic carbocycles. The van der Waals surface area contributed by atoms with E-state index in [1.54, 1.807) is 0 Å². The Kier molecular flexibility index (Phi) is 2.46. The van der Waals surface area contributed by atoms with E-state index in [1.165, 1.54) is 0 Å². The second-order valence-electron chi connectivity index (χ2n) is 2.31. The van der Waals surface area contributed by atoms with Crippen LogP contribution in [0.2, 0.25) is 0 Å². The number of nitrogens with zero attached hydrogens (tertiary/aromatic N) is 1. The van der Waals surface area contributed by atoms with Crippen LogP contribution in [0.5, 0.6) is 0 Å². The lowest BCUT2D eigenvalue weighted by Crippen LogP contribution is -2.33. The van der Waals surface area contributed by atoms with Gasteiger partial charge in [-0.1, -0.05) is 0 Å². The third kappa shape index (κ3) is 1.63. The summed E-state index contributed by atoms with van der Waals surface area (Å²) in [5.41, 5.74) is -1.26. The average Bonchev–Trinajstić information content (AvgIpc) is 2.35. The van der Waals surface area contributed by atoms with Crippen LogP contribution in [0.4, 0.5) is 0 Å². The third-order valence-corrected chi connectivity index (χ3v) is 1.37. The van der Waals surface area contributed by atoms with Crippen molar-refractivity contribution < 1.29 is 10.2 Å². The quantitative estimate of drug-likeness (QED) is 0.398. The Morgan fingerprint density at radius 1 is 1.33 bits per heavy atom. The van der Waals surface area contributed by atoms with Crippen molar-refractivity contribution in [3.05, 3.63) is 21.0 Å². The molecule has 1 heterocycles. The van der Waals surface area contributed by atoms with Crippen molar-refractivity contribution in [3.63, 3.8) is 0 Å². The Morgan fingerprint density at radius 2 is 1.83 bits per heavy atom. The highest BCUT2D eigenvalue weighted by Crippen LogP contribution is 1.81. The molecule has 1 aromatic heterocycles. The molecule has 0 fully saturated rings. The van der Waals surface area contributed by atoms with Gasteiger partial charge in [-0.3, -0.25) is 0 Å². The largest absolute Gasteiger partial charge is 0.394 e. The maximum atomic E-state index is 10.8. The van der Waals surface area contributed by atoms with Crippen LogP contribution in [0.25, 0.3) is 0 Å². The minimum absolute atomic E-state index is 0.214. The van der Waals surface area contributed by atoms with Gasteiger partial charge in [0.1, 0.15) is 0 Å². The Morgan fingerprint density at radius 3 is 2.25 bits per heavy atom. The van der Waals surface area contributed by atoms with E-state index in [9.17, 15) is 9.59 Å². The van der Waals surface area contributed by atoms with Crippen molar-refractivity contribution in [1.29, 1.82) is 0 Å². The third-order valence-electron chi connectivity index (χ3n) is 1.37. The first-order chi connectivity index (χ1) is 5.65. The van der Waals surface area contributed by atoms with Crippen molar-refractivity contribution in [2.45, 2.75) is 12.6 Å². The first kappa shape index (κ1) is 8.75. The summed E-state index contributed by atoms with van der Waals surface area (Å²) < 4.78 is 0.765. The smallest absolute Gasteiger partial charge is 0.344 e. The summed E-state index contributed by atoms with van der Waals surface area (Å²) in [6.07, 6.45) is -1.10. The Hall–Kier alpha value is -1.34. The monoisotopic (exact) mass is 175 g/mol. The minimum Gasteiger partial charge on any atom is -0.394 e. The van der Waals surface area contributed by atoms with Crippen LogP contribution >= 0.6 is 0 Å². The first-order valence-electron chi connectivity index (χ1n) is 3.31. The molecule has 12 heavy (non-hydrogen) atoms. The molecule has 0 saturated heterocycles. The molecular weight excluding hydrogens is 166 g/mol. The topological polar surface area (TPSA) is 111 Å². The van der Waals surface area contributed by atoms with Crippen LogP contribution in [-0.4, -0.2) is 37.7 Å². The van der Waals surface area contributed by atoms with Gasteiger partial charge in [0, 0.05) is 0 Å². The second kappa shape index (κ2) is 3.37. The van der Waals surface area contributed by atoms with Crippen LogP contribution in [-0.2, 0) is 6.54 Å². The van der Waals surface area contributed by atoms with Gasteiger partial charge in [-0.2, -0.15) is 0 Å². The molecule has 0 aliphatic heterocycles.